The number of thioether (sulfide) groups is 1. The maximum Gasteiger partial charge on any atom is 0.350 e. The number of nitrogens with two attached hydrogens (primary N) is 1. The molecule has 38 heavy (non-hydrogen) atoms. The summed E-state index contributed by atoms with van der Waals surface area (Å²) in [6.07, 6.45) is 1.23. The number of hydrogen-bond acceptors (Lipinski definition) is 7. The number of anilines is 1. The molecular weight excluding hydrogens is 547 g/mol. The molecule has 2 rings (SSSR count). The largest absolute Gasteiger partial charge is 0.416 e. The fourth-order valence-corrected chi connectivity index (χ4v) is 9.00. The van der Waals surface area contributed by atoms with E-state index in [4.69, 9.17) is 19.0 Å². The van der Waals surface area contributed by atoms with E-state index < -0.39 is 25.0 Å². The van der Waals surface area contributed by atoms with Crippen molar-refractivity contribution in [2.45, 2.75) is 140 Å². The summed E-state index contributed by atoms with van der Waals surface area (Å²) in [5.74, 6) is 0.225. The van der Waals surface area contributed by atoms with Crippen molar-refractivity contribution in [2.75, 3.05) is 12.3 Å². The highest BCUT2D eigenvalue weighted by Gasteiger charge is 2.54. The van der Waals surface area contributed by atoms with Crippen molar-refractivity contribution in [3.8, 4) is 0 Å². The predicted octanol–water partition coefficient (Wildman–Crippen LogP) is 7.24. The smallest absolute Gasteiger partial charge is 0.350 e. The summed E-state index contributed by atoms with van der Waals surface area (Å²) in [5, 5.41) is -0.138. The monoisotopic (exact) mass is 601 g/mol. The molecule has 1 aromatic heterocycles. The highest BCUT2D eigenvalue weighted by atomic mass is 32.2. The summed E-state index contributed by atoms with van der Waals surface area (Å²) < 4.78 is 22.8. The minimum Gasteiger partial charge on any atom is -0.416 e. The van der Waals surface area contributed by atoms with Gasteiger partial charge in [-0.1, -0.05) is 62.3 Å². The summed E-state index contributed by atoms with van der Waals surface area (Å²) in [6.45, 7) is 34.5. The first-order chi connectivity index (χ1) is 16.8. The van der Waals surface area contributed by atoms with E-state index in [0.717, 1.165) is 0 Å². The van der Waals surface area contributed by atoms with E-state index in [0.29, 0.717) is 6.61 Å². The average molecular weight is 602 g/mol. The Hall–Kier alpha value is -0.439. The van der Waals surface area contributed by atoms with Crippen LogP contribution in [0.25, 0.3) is 0 Å². The Bertz CT molecular complexity index is 1030. The van der Waals surface area contributed by atoms with Crippen LogP contribution in [0.2, 0.25) is 54.4 Å². The molecule has 220 valence electrons. The highest BCUT2D eigenvalue weighted by Crippen LogP contribution is 2.51. The Morgan fingerprint density at radius 2 is 1.29 bits per heavy atom. The maximum absolute atomic E-state index is 13.1. The van der Waals surface area contributed by atoms with E-state index in [1.807, 2.05) is 0 Å². The summed E-state index contributed by atoms with van der Waals surface area (Å²) in [6, 6.07) is 1.69. The van der Waals surface area contributed by atoms with Gasteiger partial charge in [0, 0.05) is 12.8 Å². The van der Waals surface area contributed by atoms with Crippen molar-refractivity contribution >= 4 is 42.5 Å². The number of nitrogens with zero attached hydrogens (tertiary/aromatic N) is 2. The number of rotatable bonds is 8. The molecule has 0 saturated carbocycles. The SMILES string of the molecule is CC(C)(C)[Si](C)(C)OC[C@H]1S[C@@H](n2ccc(N)nc2=O)[C@@H](O[Si](C)(C)C(C)(C)C)[C@@H]1O[Si](C)(C)C(C)(C)C. The third-order valence-corrected chi connectivity index (χ3v) is 24.3. The molecule has 0 bridgehead atoms. The lowest BCUT2D eigenvalue weighted by atomic mass is 10.1. The molecule has 0 aliphatic carbocycles. The van der Waals surface area contributed by atoms with Gasteiger partial charge in [0.15, 0.2) is 25.0 Å². The van der Waals surface area contributed by atoms with Gasteiger partial charge >= 0.3 is 5.69 Å². The molecule has 1 aliphatic heterocycles. The quantitative estimate of drug-likeness (QED) is 0.314. The minimum atomic E-state index is -2.23. The van der Waals surface area contributed by atoms with Crippen molar-refractivity contribution in [3.05, 3.63) is 22.7 Å². The van der Waals surface area contributed by atoms with Crippen LogP contribution >= 0.6 is 11.8 Å². The molecule has 11 heteroatoms. The van der Waals surface area contributed by atoms with Gasteiger partial charge in [-0.15, -0.1) is 11.8 Å². The van der Waals surface area contributed by atoms with Crippen LogP contribution in [0.1, 0.15) is 67.7 Å². The van der Waals surface area contributed by atoms with Gasteiger partial charge < -0.3 is 19.0 Å². The predicted molar refractivity (Wildman–Crippen MR) is 171 cm³/mol. The summed E-state index contributed by atoms with van der Waals surface area (Å²) in [7, 11) is -6.41. The first-order valence-corrected chi connectivity index (χ1v) is 23.5. The minimum absolute atomic E-state index is 0.00376. The standard InChI is InChI=1S/C27H55N3O4SSi3/c1-25(2,3)36(10,11)32-18-19-21(33-37(12,13)26(4,5)6)22(34-38(14,15)27(7,8)9)23(35-19)30-17-16-20(28)29-24(30)31/h16-17,19,21-23H,18H2,1-15H3,(H2,28,29,31)/t19-,21-,22+,23-/m1/s1. The second-order valence-electron chi connectivity index (χ2n) is 15.4. The van der Waals surface area contributed by atoms with Gasteiger partial charge in [0.2, 0.25) is 0 Å². The molecule has 0 unspecified atom stereocenters. The Morgan fingerprint density at radius 1 is 0.842 bits per heavy atom. The highest BCUT2D eigenvalue weighted by molar-refractivity contribution is 8.00. The van der Waals surface area contributed by atoms with Gasteiger partial charge in [-0.05, 0) is 60.5 Å². The zero-order valence-electron chi connectivity index (χ0n) is 26.7. The number of nitrogen functional groups attached to an aromatic ring is 1. The van der Waals surface area contributed by atoms with E-state index in [-0.39, 0.29) is 49.5 Å². The number of hydrogen-bond donors (Lipinski definition) is 1. The molecule has 0 aromatic carbocycles. The Kier molecular flexibility index (Phi) is 9.86. The normalized spacial score (nSPS) is 24.2. The lowest BCUT2D eigenvalue weighted by Crippen LogP contribution is -2.54. The van der Waals surface area contributed by atoms with Crippen LogP contribution in [0.4, 0.5) is 5.82 Å². The summed E-state index contributed by atoms with van der Waals surface area (Å²) in [4.78, 5) is 17.1. The van der Waals surface area contributed by atoms with Gasteiger partial charge in [0.25, 0.3) is 0 Å². The first-order valence-electron chi connectivity index (χ1n) is 13.8. The fraction of sp³-hybridized carbons (Fsp3) is 0.852. The van der Waals surface area contributed by atoms with Crippen LogP contribution in [0.3, 0.4) is 0 Å². The molecule has 1 aromatic rings. The van der Waals surface area contributed by atoms with Gasteiger partial charge in [-0.3, -0.25) is 4.57 Å². The van der Waals surface area contributed by atoms with Crippen LogP contribution in [0.15, 0.2) is 17.1 Å². The Balaban J connectivity index is 2.64. The summed E-state index contributed by atoms with van der Waals surface area (Å²) in [5.41, 5.74) is 5.49. The van der Waals surface area contributed by atoms with E-state index >= 15 is 0 Å². The topological polar surface area (TPSA) is 88.6 Å². The van der Waals surface area contributed by atoms with E-state index in [1.165, 1.54) is 0 Å². The zero-order valence-corrected chi connectivity index (χ0v) is 30.5. The fourth-order valence-electron chi connectivity index (χ4n) is 3.49. The van der Waals surface area contributed by atoms with Gasteiger partial charge in [-0.25, -0.2) is 4.79 Å². The van der Waals surface area contributed by atoms with E-state index in [1.54, 1.807) is 28.6 Å². The number of aromatic nitrogens is 2. The van der Waals surface area contributed by atoms with E-state index in [2.05, 4.69) is 107 Å². The van der Waals surface area contributed by atoms with Gasteiger partial charge in [0.05, 0.1) is 11.4 Å². The van der Waals surface area contributed by atoms with Crippen molar-refractivity contribution in [1.29, 1.82) is 0 Å². The maximum atomic E-state index is 13.1. The third kappa shape index (κ3) is 7.44. The molecule has 0 radical (unpaired) electrons. The average Bonchev–Trinajstić information content (AvgIpc) is 3.00. The first kappa shape index (κ1) is 33.8. The molecule has 1 saturated heterocycles. The Morgan fingerprint density at radius 3 is 1.71 bits per heavy atom. The second kappa shape index (κ2) is 11.1. The lowest BCUT2D eigenvalue weighted by molar-refractivity contribution is 0.0256. The third-order valence-electron chi connectivity index (χ3n) is 9.30. The Labute approximate surface area is 239 Å². The molecule has 7 nitrogen and oxygen atoms in total. The molecule has 2 heterocycles. The van der Waals surface area contributed by atoms with Gasteiger partial charge in [-0.2, -0.15) is 4.98 Å². The lowest BCUT2D eigenvalue weighted by Gasteiger charge is -2.45. The van der Waals surface area contributed by atoms with Crippen molar-refractivity contribution in [2.24, 2.45) is 0 Å². The molecule has 1 aliphatic rings. The molecule has 0 spiro atoms. The van der Waals surface area contributed by atoms with Crippen LogP contribution < -0.4 is 11.4 Å². The molecule has 1 fully saturated rings. The zero-order chi connectivity index (χ0) is 29.7. The molecule has 4 atom stereocenters. The molecule has 2 N–H and O–H groups in total. The second-order valence-corrected chi connectivity index (χ2v) is 31.0. The molecular formula is C27H55N3O4SSi3. The van der Waals surface area contributed by atoms with Crippen LogP contribution in [0, 0.1) is 0 Å². The summed E-state index contributed by atoms with van der Waals surface area (Å²) >= 11 is 1.73. The van der Waals surface area contributed by atoms with Crippen molar-refractivity contribution in [1.82, 2.24) is 9.55 Å². The van der Waals surface area contributed by atoms with E-state index in [9.17, 15) is 4.79 Å². The van der Waals surface area contributed by atoms with Crippen molar-refractivity contribution in [3.63, 3.8) is 0 Å². The van der Waals surface area contributed by atoms with Crippen LogP contribution in [0.5, 0.6) is 0 Å². The molecule has 0 amide bonds. The van der Waals surface area contributed by atoms with Gasteiger partial charge in [0.1, 0.15) is 17.3 Å². The van der Waals surface area contributed by atoms with Crippen LogP contribution in [-0.4, -0.2) is 58.6 Å². The van der Waals surface area contributed by atoms with Crippen LogP contribution in [-0.2, 0) is 13.3 Å². The van der Waals surface area contributed by atoms with Crippen molar-refractivity contribution < 1.29 is 13.3 Å².